The second-order valence-corrected chi connectivity index (χ2v) is 8.14. The number of rotatable bonds is 5. The first kappa shape index (κ1) is 21.5. The first-order valence-corrected chi connectivity index (χ1v) is 10.8. The summed E-state index contributed by atoms with van der Waals surface area (Å²) in [7, 11) is 0. The summed E-state index contributed by atoms with van der Waals surface area (Å²) in [5, 5.41) is 9.55. The quantitative estimate of drug-likeness (QED) is 0.451. The Morgan fingerprint density at radius 2 is 1.91 bits per heavy atom. The van der Waals surface area contributed by atoms with Crippen molar-refractivity contribution in [3.05, 3.63) is 74.4 Å². The highest BCUT2D eigenvalue weighted by Gasteiger charge is 2.24. The highest BCUT2D eigenvalue weighted by molar-refractivity contribution is 7.16. The van der Waals surface area contributed by atoms with Crippen LogP contribution < -0.4 is 10.9 Å². The molecule has 32 heavy (non-hydrogen) atoms. The molecule has 3 aromatic heterocycles. The molecule has 0 aliphatic rings. The maximum Gasteiger partial charge on any atom is 0.359 e. The summed E-state index contributed by atoms with van der Waals surface area (Å²) in [6.45, 7) is 7.24. The lowest BCUT2D eigenvalue weighted by Crippen LogP contribution is -2.25. The number of fused-ring (bicyclic) bond motifs is 1. The van der Waals surface area contributed by atoms with E-state index >= 15 is 0 Å². The van der Waals surface area contributed by atoms with Gasteiger partial charge in [0.25, 0.3) is 11.5 Å². The maximum atomic E-state index is 13.4. The Morgan fingerprint density at radius 1 is 1.19 bits per heavy atom. The highest BCUT2D eigenvalue weighted by atomic mass is 32.1. The molecular formula is C23H21N3O5S. The standard InChI is InChI=1S/C23H21N3O5S/c1-5-30-23(29)19-17-11-32-21(24-20(27)16-10-13(3)31-14(16)4)18(17)22(28)26(25-19)15-8-6-12(2)7-9-15/h6-11H,5H2,1-4H3,(H,24,27). The van der Waals surface area contributed by atoms with Crippen LogP contribution in [0.5, 0.6) is 0 Å². The molecule has 0 radical (unpaired) electrons. The van der Waals surface area contributed by atoms with Gasteiger partial charge < -0.3 is 14.5 Å². The van der Waals surface area contributed by atoms with E-state index in [2.05, 4.69) is 10.4 Å². The van der Waals surface area contributed by atoms with E-state index in [0.29, 0.717) is 33.2 Å². The molecule has 0 bridgehead atoms. The number of carbonyl (C=O) groups is 2. The topological polar surface area (TPSA) is 103 Å². The second kappa shape index (κ2) is 8.43. The number of benzene rings is 1. The lowest BCUT2D eigenvalue weighted by atomic mass is 10.2. The summed E-state index contributed by atoms with van der Waals surface area (Å²) in [6.07, 6.45) is 0. The summed E-state index contributed by atoms with van der Waals surface area (Å²) < 4.78 is 11.7. The maximum absolute atomic E-state index is 13.4. The molecule has 0 fully saturated rings. The zero-order valence-corrected chi connectivity index (χ0v) is 18.8. The van der Waals surface area contributed by atoms with Gasteiger partial charge in [0, 0.05) is 10.8 Å². The van der Waals surface area contributed by atoms with E-state index in [1.54, 1.807) is 44.4 Å². The molecule has 3 heterocycles. The molecule has 1 amide bonds. The molecule has 0 spiro atoms. The Bertz CT molecular complexity index is 1400. The van der Waals surface area contributed by atoms with Crippen LogP contribution in [-0.4, -0.2) is 28.3 Å². The van der Waals surface area contributed by atoms with Crippen molar-refractivity contribution in [1.29, 1.82) is 0 Å². The summed E-state index contributed by atoms with van der Waals surface area (Å²) >= 11 is 1.14. The number of aryl methyl sites for hydroxylation is 3. The second-order valence-electron chi connectivity index (χ2n) is 7.26. The van der Waals surface area contributed by atoms with Gasteiger partial charge in [-0.3, -0.25) is 9.59 Å². The van der Waals surface area contributed by atoms with Gasteiger partial charge in [-0.25, -0.2) is 4.79 Å². The van der Waals surface area contributed by atoms with Gasteiger partial charge in [0.1, 0.15) is 16.5 Å². The minimum atomic E-state index is -0.643. The zero-order chi connectivity index (χ0) is 23.0. The third-order valence-electron chi connectivity index (χ3n) is 4.91. The Labute approximate surface area is 187 Å². The van der Waals surface area contributed by atoms with Crippen LogP contribution in [0.15, 0.2) is 44.9 Å². The smallest absolute Gasteiger partial charge is 0.359 e. The summed E-state index contributed by atoms with van der Waals surface area (Å²) in [4.78, 5) is 38.8. The SMILES string of the molecule is CCOC(=O)c1nn(-c2ccc(C)cc2)c(=O)c2c(NC(=O)c3cc(C)oc3C)scc12. The molecule has 164 valence electrons. The number of anilines is 1. The average Bonchev–Trinajstić information content (AvgIpc) is 3.32. The van der Waals surface area contributed by atoms with Crippen molar-refractivity contribution in [2.75, 3.05) is 11.9 Å². The molecule has 0 unspecified atom stereocenters. The van der Waals surface area contributed by atoms with Gasteiger partial charge in [-0.15, -0.1) is 11.3 Å². The minimum absolute atomic E-state index is 0.00844. The van der Waals surface area contributed by atoms with Gasteiger partial charge in [0.2, 0.25) is 0 Å². The van der Waals surface area contributed by atoms with E-state index in [1.807, 2.05) is 19.1 Å². The number of hydrogen-bond acceptors (Lipinski definition) is 7. The molecule has 9 heteroatoms. The van der Waals surface area contributed by atoms with E-state index in [4.69, 9.17) is 9.15 Å². The predicted octanol–water partition coefficient (Wildman–Crippen LogP) is 4.39. The van der Waals surface area contributed by atoms with E-state index in [0.717, 1.165) is 21.6 Å². The van der Waals surface area contributed by atoms with E-state index < -0.39 is 17.4 Å². The Hall–Kier alpha value is -3.72. The van der Waals surface area contributed by atoms with E-state index in [-0.39, 0.29) is 17.7 Å². The van der Waals surface area contributed by atoms with Gasteiger partial charge in [0.15, 0.2) is 5.69 Å². The van der Waals surface area contributed by atoms with Crippen LogP contribution in [0, 0.1) is 20.8 Å². The number of nitrogens with one attached hydrogen (secondary N) is 1. The van der Waals surface area contributed by atoms with Crippen LogP contribution in [0.4, 0.5) is 5.00 Å². The van der Waals surface area contributed by atoms with Crippen molar-refractivity contribution in [3.63, 3.8) is 0 Å². The van der Waals surface area contributed by atoms with Gasteiger partial charge in [-0.1, -0.05) is 17.7 Å². The first-order chi connectivity index (χ1) is 15.3. The number of thiophene rings is 1. The number of amides is 1. The van der Waals surface area contributed by atoms with Crippen molar-refractivity contribution in [3.8, 4) is 5.69 Å². The fourth-order valence-corrected chi connectivity index (χ4v) is 4.31. The summed E-state index contributed by atoms with van der Waals surface area (Å²) in [5.74, 6) is 0.0419. The molecular weight excluding hydrogens is 430 g/mol. The average molecular weight is 452 g/mol. The van der Waals surface area contributed by atoms with Crippen LogP contribution in [-0.2, 0) is 4.74 Å². The lowest BCUT2D eigenvalue weighted by molar-refractivity contribution is 0.0520. The number of hydrogen-bond donors (Lipinski definition) is 1. The Kier molecular flexibility index (Phi) is 5.67. The molecule has 0 aliphatic carbocycles. The number of nitrogens with zero attached hydrogens (tertiary/aromatic N) is 2. The van der Waals surface area contributed by atoms with Crippen molar-refractivity contribution in [1.82, 2.24) is 9.78 Å². The third kappa shape index (κ3) is 3.82. The third-order valence-corrected chi connectivity index (χ3v) is 5.81. The van der Waals surface area contributed by atoms with Crippen molar-refractivity contribution in [2.45, 2.75) is 27.7 Å². The first-order valence-electron chi connectivity index (χ1n) is 9.97. The van der Waals surface area contributed by atoms with Crippen molar-refractivity contribution >= 4 is 39.0 Å². The molecule has 1 N–H and O–H groups in total. The van der Waals surface area contributed by atoms with E-state index in [9.17, 15) is 14.4 Å². The van der Waals surface area contributed by atoms with Crippen LogP contribution in [0.3, 0.4) is 0 Å². The fourth-order valence-electron chi connectivity index (χ4n) is 3.38. The molecule has 0 saturated carbocycles. The molecule has 0 aliphatic heterocycles. The fraction of sp³-hybridized carbons (Fsp3) is 0.217. The van der Waals surface area contributed by atoms with Crippen molar-refractivity contribution < 1.29 is 18.7 Å². The van der Waals surface area contributed by atoms with Crippen molar-refractivity contribution in [2.24, 2.45) is 0 Å². The largest absolute Gasteiger partial charge is 0.466 e. The zero-order valence-electron chi connectivity index (χ0n) is 18.0. The number of carbonyl (C=O) groups excluding carboxylic acids is 2. The molecule has 8 nitrogen and oxygen atoms in total. The number of aromatic nitrogens is 2. The highest BCUT2D eigenvalue weighted by Crippen LogP contribution is 2.31. The van der Waals surface area contributed by atoms with Gasteiger partial charge in [-0.05, 0) is 45.9 Å². The normalized spacial score (nSPS) is 11.0. The molecule has 4 rings (SSSR count). The number of furan rings is 1. The monoisotopic (exact) mass is 451 g/mol. The summed E-state index contributed by atoms with van der Waals surface area (Å²) in [5.41, 5.74) is 1.45. The van der Waals surface area contributed by atoms with Crippen LogP contribution in [0.25, 0.3) is 16.5 Å². The van der Waals surface area contributed by atoms with Gasteiger partial charge in [-0.2, -0.15) is 9.78 Å². The van der Waals surface area contributed by atoms with E-state index in [1.165, 1.54) is 0 Å². The van der Waals surface area contributed by atoms with Crippen LogP contribution in [0.1, 0.15) is 44.9 Å². The Balaban J connectivity index is 1.89. The Morgan fingerprint density at radius 3 is 2.53 bits per heavy atom. The number of esters is 1. The molecule has 4 aromatic rings. The molecule has 0 atom stereocenters. The van der Waals surface area contributed by atoms with Gasteiger partial charge in [0.05, 0.1) is 23.2 Å². The molecule has 0 saturated heterocycles. The minimum Gasteiger partial charge on any atom is -0.466 e. The van der Waals surface area contributed by atoms with Crippen LogP contribution >= 0.6 is 11.3 Å². The van der Waals surface area contributed by atoms with Gasteiger partial charge >= 0.3 is 5.97 Å². The van der Waals surface area contributed by atoms with Crippen LogP contribution in [0.2, 0.25) is 0 Å². The molecule has 1 aromatic carbocycles. The lowest BCUT2D eigenvalue weighted by Gasteiger charge is -2.10. The number of ether oxygens (including phenoxy) is 1. The predicted molar refractivity (Wildman–Crippen MR) is 122 cm³/mol. The summed E-state index contributed by atoms with van der Waals surface area (Å²) in [6, 6.07) is 8.81.